The third-order valence-corrected chi connectivity index (χ3v) is 4.01. The molecule has 0 radical (unpaired) electrons. The maximum atomic E-state index is 12.2. The second-order valence-electron chi connectivity index (χ2n) is 4.50. The standard InChI is InChI=1S/C15H12BrF3O2/c1-9-4-2-7-12(13(9)16)14(20)10-5-3-6-11(8-10)21-15(17,18)19/h2-8,14,20H,1H3. The smallest absolute Gasteiger partial charge is 0.406 e. The SMILES string of the molecule is Cc1cccc(C(O)c2cccc(OC(F)(F)F)c2)c1Br. The molecule has 0 heterocycles. The van der Waals surface area contributed by atoms with Gasteiger partial charge in [0.15, 0.2) is 0 Å². The molecular formula is C15H12BrF3O2. The van der Waals surface area contributed by atoms with Crippen molar-refractivity contribution in [2.75, 3.05) is 0 Å². The molecule has 0 aliphatic heterocycles. The van der Waals surface area contributed by atoms with Gasteiger partial charge in [0.25, 0.3) is 0 Å². The van der Waals surface area contributed by atoms with Gasteiger partial charge >= 0.3 is 6.36 Å². The van der Waals surface area contributed by atoms with E-state index in [1.807, 2.05) is 13.0 Å². The van der Waals surface area contributed by atoms with Crippen molar-refractivity contribution < 1.29 is 23.0 Å². The maximum Gasteiger partial charge on any atom is 0.573 e. The van der Waals surface area contributed by atoms with Crippen molar-refractivity contribution >= 4 is 15.9 Å². The fourth-order valence-electron chi connectivity index (χ4n) is 1.94. The minimum absolute atomic E-state index is 0.322. The maximum absolute atomic E-state index is 12.2. The van der Waals surface area contributed by atoms with Crippen LogP contribution in [-0.2, 0) is 0 Å². The summed E-state index contributed by atoms with van der Waals surface area (Å²) in [6.07, 6.45) is -5.80. The molecule has 0 aliphatic carbocycles. The molecule has 2 aromatic carbocycles. The average molecular weight is 361 g/mol. The molecule has 0 amide bonds. The number of aliphatic hydroxyl groups is 1. The summed E-state index contributed by atoms with van der Waals surface area (Å²) in [6, 6.07) is 10.7. The molecule has 21 heavy (non-hydrogen) atoms. The predicted molar refractivity (Wildman–Crippen MR) is 76.1 cm³/mol. The molecule has 1 atom stereocenters. The van der Waals surface area contributed by atoms with Gasteiger partial charge in [-0.15, -0.1) is 13.2 Å². The van der Waals surface area contributed by atoms with Crippen LogP contribution in [0, 0.1) is 6.92 Å². The largest absolute Gasteiger partial charge is 0.573 e. The quantitative estimate of drug-likeness (QED) is 0.856. The molecule has 2 rings (SSSR count). The Hall–Kier alpha value is -1.53. The van der Waals surface area contributed by atoms with Crippen LogP contribution in [0.5, 0.6) is 5.75 Å². The van der Waals surface area contributed by atoms with Crippen LogP contribution in [0.25, 0.3) is 0 Å². The summed E-state index contributed by atoms with van der Waals surface area (Å²) in [5.41, 5.74) is 1.83. The van der Waals surface area contributed by atoms with E-state index in [-0.39, 0.29) is 5.75 Å². The molecule has 2 nitrogen and oxygen atoms in total. The number of benzene rings is 2. The molecule has 0 bridgehead atoms. The van der Waals surface area contributed by atoms with E-state index in [9.17, 15) is 18.3 Å². The number of aryl methyl sites for hydroxylation is 1. The third kappa shape index (κ3) is 3.98. The minimum atomic E-state index is -4.76. The van der Waals surface area contributed by atoms with E-state index in [1.54, 1.807) is 18.2 Å². The topological polar surface area (TPSA) is 29.5 Å². The van der Waals surface area contributed by atoms with Crippen LogP contribution in [0.1, 0.15) is 22.8 Å². The van der Waals surface area contributed by atoms with E-state index < -0.39 is 12.5 Å². The zero-order valence-corrected chi connectivity index (χ0v) is 12.6. The Labute approximate surface area is 128 Å². The highest BCUT2D eigenvalue weighted by Gasteiger charge is 2.31. The number of ether oxygens (including phenoxy) is 1. The lowest BCUT2D eigenvalue weighted by atomic mass is 10.00. The Morgan fingerprint density at radius 3 is 2.48 bits per heavy atom. The summed E-state index contributed by atoms with van der Waals surface area (Å²) in [5, 5.41) is 10.4. The first-order valence-electron chi connectivity index (χ1n) is 6.07. The van der Waals surface area contributed by atoms with Gasteiger partial charge in [-0.3, -0.25) is 0 Å². The fraction of sp³-hybridized carbons (Fsp3) is 0.200. The van der Waals surface area contributed by atoms with Crippen molar-refractivity contribution in [1.29, 1.82) is 0 Å². The summed E-state index contributed by atoms with van der Waals surface area (Å²) >= 11 is 3.37. The molecular weight excluding hydrogens is 349 g/mol. The Morgan fingerprint density at radius 1 is 1.14 bits per heavy atom. The molecule has 0 saturated heterocycles. The lowest BCUT2D eigenvalue weighted by Crippen LogP contribution is -2.17. The Balaban J connectivity index is 2.33. The van der Waals surface area contributed by atoms with E-state index in [1.165, 1.54) is 18.2 Å². The van der Waals surface area contributed by atoms with Gasteiger partial charge in [0.1, 0.15) is 11.9 Å². The number of alkyl halides is 3. The van der Waals surface area contributed by atoms with Crippen LogP contribution in [-0.4, -0.2) is 11.5 Å². The molecule has 2 aromatic rings. The summed E-state index contributed by atoms with van der Waals surface area (Å²) in [5.74, 6) is -0.358. The molecule has 6 heteroatoms. The van der Waals surface area contributed by atoms with Crippen molar-refractivity contribution in [2.45, 2.75) is 19.4 Å². The summed E-state index contributed by atoms with van der Waals surface area (Å²) < 4.78 is 41.2. The second kappa shape index (κ2) is 6.07. The fourth-order valence-corrected chi connectivity index (χ4v) is 2.42. The minimum Gasteiger partial charge on any atom is -0.406 e. The summed E-state index contributed by atoms with van der Waals surface area (Å²) in [6.45, 7) is 1.86. The van der Waals surface area contributed by atoms with Crippen molar-refractivity contribution in [3.63, 3.8) is 0 Å². The van der Waals surface area contributed by atoms with E-state index in [4.69, 9.17) is 0 Å². The molecule has 0 saturated carbocycles. The average Bonchev–Trinajstić information content (AvgIpc) is 2.39. The first-order valence-corrected chi connectivity index (χ1v) is 6.86. The zero-order chi connectivity index (χ0) is 15.6. The van der Waals surface area contributed by atoms with Gasteiger partial charge in [-0.1, -0.05) is 46.3 Å². The van der Waals surface area contributed by atoms with Crippen LogP contribution in [0.4, 0.5) is 13.2 Å². The van der Waals surface area contributed by atoms with Gasteiger partial charge in [-0.2, -0.15) is 0 Å². The van der Waals surface area contributed by atoms with Gasteiger partial charge in [0.2, 0.25) is 0 Å². The van der Waals surface area contributed by atoms with E-state index >= 15 is 0 Å². The van der Waals surface area contributed by atoms with Crippen molar-refractivity contribution in [3.05, 3.63) is 63.6 Å². The first kappa shape index (κ1) is 15.9. The molecule has 0 fully saturated rings. The van der Waals surface area contributed by atoms with Crippen LogP contribution in [0.3, 0.4) is 0 Å². The number of halogens is 4. The monoisotopic (exact) mass is 360 g/mol. The molecule has 0 spiro atoms. The first-order chi connectivity index (χ1) is 9.78. The van der Waals surface area contributed by atoms with Crippen molar-refractivity contribution in [3.8, 4) is 5.75 Å². The molecule has 0 aliphatic rings. The summed E-state index contributed by atoms with van der Waals surface area (Å²) in [7, 11) is 0. The van der Waals surface area contributed by atoms with Crippen LogP contribution >= 0.6 is 15.9 Å². The van der Waals surface area contributed by atoms with Gasteiger partial charge in [-0.05, 0) is 35.7 Å². The highest BCUT2D eigenvalue weighted by Crippen LogP contribution is 2.32. The lowest BCUT2D eigenvalue weighted by Gasteiger charge is -2.16. The van der Waals surface area contributed by atoms with Crippen LogP contribution < -0.4 is 4.74 Å². The molecule has 1 N–H and O–H groups in total. The molecule has 112 valence electrons. The molecule has 0 aromatic heterocycles. The van der Waals surface area contributed by atoms with Crippen LogP contribution in [0.2, 0.25) is 0 Å². The number of hydrogen-bond donors (Lipinski definition) is 1. The van der Waals surface area contributed by atoms with E-state index in [0.717, 1.165) is 10.0 Å². The zero-order valence-electron chi connectivity index (χ0n) is 11.0. The Morgan fingerprint density at radius 2 is 1.81 bits per heavy atom. The van der Waals surface area contributed by atoms with Crippen molar-refractivity contribution in [1.82, 2.24) is 0 Å². The van der Waals surface area contributed by atoms with Gasteiger partial charge in [-0.25, -0.2) is 0 Å². The van der Waals surface area contributed by atoms with Gasteiger partial charge < -0.3 is 9.84 Å². The summed E-state index contributed by atoms with van der Waals surface area (Å²) in [4.78, 5) is 0. The normalized spacial score (nSPS) is 13.0. The number of rotatable bonds is 3. The van der Waals surface area contributed by atoms with Crippen LogP contribution in [0.15, 0.2) is 46.9 Å². The van der Waals surface area contributed by atoms with E-state index in [0.29, 0.717) is 11.1 Å². The van der Waals surface area contributed by atoms with Gasteiger partial charge in [0, 0.05) is 4.47 Å². The number of hydrogen-bond acceptors (Lipinski definition) is 2. The second-order valence-corrected chi connectivity index (χ2v) is 5.29. The predicted octanol–water partition coefficient (Wildman–Crippen LogP) is 4.74. The Kier molecular flexibility index (Phi) is 4.58. The lowest BCUT2D eigenvalue weighted by molar-refractivity contribution is -0.274. The van der Waals surface area contributed by atoms with E-state index in [2.05, 4.69) is 20.7 Å². The molecule has 1 unspecified atom stereocenters. The van der Waals surface area contributed by atoms with Crippen molar-refractivity contribution in [2.24, 2.45) is 0 Å². The van der Waals surface area contributed by atoms with Gasteiger partial charge in [0.05, 0.1) is 0 Å². The highest BCUT2D eigenvalue weighted by molar-refractivity contribution is 9.10. The highest BCUT2D eigenvalue weighted by atomic mass is 79.9. The third-order valence-electron chi connectivity index (χ3n) is 2.92. The number of aliphatic hydroxyl groups excluding tert-OH is 1. The Bertz CT molecular complexity index is 641.